The van der Waals surface area contributed by atoms with E-state index in [1.54, 1.807) is 0 Å². The number of hydrogen-bond acceptors (Lipinski definition) is 1. The second kappa shape index (κ2) is 8.74. The third-order valence-electron chi connectivity index (χ3n) is 4.51. The molecule has 1 aliphatic rings. The van der Waals surface area contributed by atoms with Crippen molar-refractivity contribution in [2.75, 3.05) is 6.54 Å². The molecule has 1 aliphatic carbocycles. The minimum absolute atomic E-state index is 0.387. The Kier molecular flexibility index (Phi) is 7.65. The topological polar surface area (TPSA) is 12.0 Å². The normalized spacial score (nSPS) is 23.2. The van der Waals surface area contributed by atoms with Crippen molar-refractivity contribution in [1.29, 1.82) is 0 Å². The fourth-order valence-corrected chi connectivity index (χ4v) is 2.94. The van der Waals surface area contributed by atoms with E-state index in [1.165, 1.54) is 64.2 Å². The molecule has 0 aromatic rings. The minimum Gasteiger partial charge on any atom is -0.311 e. The monoisotopic (exact) mass is 251 g/mol. The standard InChI is InChI=1S/C17H33N/c1-4-16(2)12-15-18-17(3)13-10-8-6-5-7-9-11-14-17/h4,16,18H,1,5-15H2,2-3H3. The van der Waals surface area contributed by atoms with Gasteiger partial charge < -0.3 is 5.32 Å². The van der Waals surface area contributed by atoms with E-state index in [2.05, 4.69) is 31.8 Å². The number of hydrogen-bond donors (Lipinski definition) is 1. The summed E-state index contributed by atoms with van der Waals surface area (Å²) in [6, 6.07) is 0. The lowest BCUT2D eigenvalue weighted by molar-refractivity contribution is 0.277. The Morgan fingerprint density at radius 3 is 2.06 bits per heavy atom. The van der Waals surface area contributed by atoms with Crippen molar-refractivity contribution in [2.24, 2.45) is 5.92 Å². The fraction of sp³-hybridized carbons (Fsp3) is 0.882. The molecule has 18 heavy (non-hydrogen) atoms. The van der Waals surface area contributed by atoms with Crippen molar-refractivity contribution in [3.05, 3.63) is 12.7 Å². The highest BCUT2D eigenvalue weighted by Gasteiger charge is 2.22. The fourth-order valence-electron chi connectivity index (χ4n) is 2.94. The van der Waals surface area contributed by atoms with E-state index in [1.807, 2.05) is 0 Å². The molecular formula is C17H33N. The highest BCUT2D eigenvalue weighted by atomic mass is 15.0. The van der Waals surface area contributed by atoms with Gasteiger partial charge in [0.05, 0.1) is 0 Å². The zero-order valence-corrected chi connectivity index (χ0v) is 12.6. The van der Waals surface area contributed by atoms with Gasteiger partial charge in [-0.3, -0.25) is 0 Å². The second-order valence-electron chi connectivity index (χ2n) is 6.46. The van der Waals surface area contributed by atoms with Crippen LogP contribution in [-0.2, 0) is 0 Å². The van der Waals surface area contributed by atoms with Crippen LogP contribution in [0.3, 0.4) is 0 Å². The molecule has 0 bridgehead atoms. The van der Waals surface area contributed by atoms with Crippen LogP contribution in [0.5, 0.6) is 0 Å². The first-order valence-corrected chi connectivity index (χ1v) is 8.04. The molecule has 1 rings (SSSR count). The van der Waals surface area contributed by atoms with Gasteiger partial charge in [-0.25, -0.2) is 0 Å². The van der Waals surface area contributed by atoms with Gasteiger partial charge in [0.2, 0.25) is 0 Å². The molecule has 0 aromatic carbocycles. The molecule has 0 saturated heterocycles. The molecule has 1 nitrogen and oxygen atoms in total. The summed E-state index contributed by atoms with van der Waals surface area (Å²) in [4.78, 5) is 0. The predicted molar refractivity (Wildman–Crippen MR) is 81.9 cm³/mol. The SMILES string of the molecule is C=CC(C)CCNC1(C)CCCCCCCCC1. The van der Waals surface area contributed by atoms with Gasteiger partial charge in [0.15, 0.2) is 0 Å². The molecule has 106 valence electrons. The molecule has 1 heteroatoms. The molecule has 0 heterocycles. The largest absolute Gasteiger partial charge is 0.311 e. The Morgan fingerprint density at radius 2 is 1.56 bits per heavy atom. The lowest BCUT2D eigenvalue weighted by Crippen LogP contribution is -2.43. The third kappa shape index (κ3) is 6.58. The van der Waals surface area contributed by atoms with Crippen LogP contribution >= 0.6 is 0 Å². The summed E-state index contributed by atoms with van der Waals surface area (Å²) >= 11 is 0. The van der Waals surface area contributed by atoms with Crippen molar-refractivity contribution >= 4 is 0 Å². The Bertz CT molecular complexity index is 212. The first kappa shape index (κ1) is 15.8. The molecule has 1 N–H and O–H groups in total. The van der Waals surface area contributed by atoms with E-state index < -0.39 is 0 Å². The summed E-state index contributed by atoms with van der Waals surface area (Å²) < 4.78 is 0. The lowest BCUT2D eigenvalue weighted by Gasteiger charge is -2.32. The summed E-state index contributed by atoms with van der Waals surface area (Å²) in [5.41, 5.74) is 0.387. The minimum atomic E-state index is 0.387. The Morgan fingerprint density at radius 1 is 1.06 bits per heavy atom. The Balaban J connectivity index is 2.33. The maximum absolute atomic E-state index is 3.87. The molecule has 0 aromatic heterocycles. The number of rotatable bonds is 5. The van der Waals surface area contributed by atoms with Gasteiger partial charge in [-0.1, -0.05) is 57.9 Å². The molecule has 1 atom stereocenters. The lowest BCUT2D eigenvalue weighted by atomic mass is 9.86. The Hall–Kier alpha value is -0.300. The van der Waals surface area contributed by atoms with Gasteiger partial charge in [-0.05, 0) is 38.6 Å². The molecule has 0 radical (unpaired) electrons. The molecule has 1 unspecified atom stereocenters. The first-order valence-electron chi connectivity index (χ1n) is 8.04. The molecule has 0 spiro atoms. The van der Waals surface area contributed by atoms with Gasteiger partial charge in [-0.2, -0.15) is 0 Å². The van der Waals surface area contributed by atoms with Crippen LogP contribution in [0.25, 0.3) is 0 Å². The number of allylic oxidation sites excluding steroid dienone is 1. The maximum Gasteiger partial charge on any atom is 0.0153 e. The van der Waals surface area contributed by atoms with Crippen LogP contribution in [0, 0.1) is 5.92 Å². The summed E-state index contributed by atoms with van der Waals surface area (Å²) in [6.07, 6.45) is 16.0. The van der Waals surface area contributed by atoms with Crippen LogP contribution in [0.2, 0.25) is 0 Å². The molecular weight excluding hydrogens is 218 g/mol. The molecule has 1 fully saturated rings. The maximum atomic E-state index is 3.87. The molecule has 1 saturated carbocycles. The van der Waals surface area contributed by atoms with Crippen LogP contribution in [0.4, 0.5) is 0 Å². The quantitative estimate of drug-likeness (QED) is 0.673. The molecule has 0 aliphatic heterocycles. The smallest absolute Gasteiger partial charge is 0.0153 e. The van der Waals surface area contributed by atoms with Gasteiger partial charge in [0, 0.05) is 5.54 Å². The van der Waals surface area contributed by atoms with Gasteiger partial charge >= 0.3 is 0 Å². The highest BCUT2D eigenvalue weighted by Crippen LogP contribution is 2.25. The average Bonchev–Trinajstić information content (AvgIpc) is 2.37. The van der Waals surface area contributed by atoms with Gasteiger partial charge in [-0.15, -0.1) is 6.58 Å². The van der Waals surface area contributed by atoms with Crippen molar-refractivity contribution in [1.82, 2.24) is 5.32 Å². The molecule has 0 amide bonds. The third-order valence-corrected chi connectivity index (χ3v) is 4.51. The zero-order chi connectivity index (χ0) is 13.3. The van der Waals surface area contributed by atoms with Crippen molar-refractivity contribution in [2.45, 2.75) is 83.6 Å². The van der Waals surface area contributed by atoms with Crippen LogP contribution in [-0.4, -0.2) is 12.1 Å². The van der Waals surface area contributed by atoms with Crippen molar-refractivity contribution in [3.8, 4) is 0 Å². The van der Waals surface area contributed by atoms with Crippen molar-refractivity contribution < 1.29 is 0 Å². The van der Waals surface area contributed by atoms with E-state index in [0.717, 1.165) is 6.54 Å². The van der Waals surface area contributed by atoms with E-state index >= 15 is 0 Å². The van der Waals surface area contributed by atoms with Crippen LogP contribution < -0.4 is 5.32 Å². The number of nitrogens with one attached hydrogen (secondary N) is 1. The van der Waals surface area contributed by atoms with Gasteiger partial charge in [0.1, 0.15) is 0 Å². The van der Waals surface area contributed by atoms with E-state index in [4.69, 9.17) is 0 Å². The van der Waals surface area contributed by atoms with E-state index in [-0.39, 0.29) is 0 Å². The second-order valence-corrected chi connectivity index (χ2v) is 6.46. The van der Waals surface area contributed by atoms with Crippen LogP contribution in [0.15, 0.2) is 12.7 Å². The van der Waals surface area contributed by atoms with Crippen molar-refractivity contribution in [3.63, 3.8) is 0 Å². The zero-order valence-electron chi connectivity index (χ0n) is 12.6. The van der Waals surface area contributed by atoms with Crippen LogP contribution in [0.1, 0.15) is 78.1 Å². The first-order chi connectivity index (χ1) is 8.66. The highest BCUT2D eigenvalue weighted by molar-refractivity contribution is 4.84. The van der Waals surface area contributed by atoms with E-state index in [0.29, 0.717) is 11.5 Å². The van der Waals surface area contributed by atoms with Gasteiger partial charge in [0.25, 0.3) is 0 Å². The summed E-state index contributed by atoms with van der Waals surface area (Å²) in [7, 11) is 0. The average molecular weight is 251 g/mol. The Labute approximate surface area is 114 Å². The summed E-state index contributed by atoms with van der Waals surface area (Å²) in [5.74, 6) is 0.639. The summed E-state index contributed by atoms with van der Waals surface area (Å²) in [6.45, 7) is 9.70. The van der Waals surface area contributed by atoms with E-state index in [9.17, 15) is 0 Å². The predicted octanol–water partition coefficient (Wildman–Crippen LogP) is 5.07. The summed E-state index contributed by atoms with van der Waals surface area (Å²) in [5, 5.41) is 3.83.